The van der Waals surface area contributed by atoms with Crippen molar-refractivity contribution in [3.63, 3.8) is 0 Å². The van der Waals surface area contributed by atoms with Gasteiger partial charge in [-0.1, -0.05) is 18.2 Å². The quantitative estimate of drug-likeness (QED) is 0.663. The normalized spacial score (nSPS) is 11.1. The van der Waals surface area contributed by atoms with E-state index in [1.54, 1.807) is 11.3 Å². The predicted octanol–water partition coefficient (Wildman–Crippen LogP) is 3.72. The lowest BCUT2D eigenvalue weighted by atomic mass is 10.1. The van der Waals surface area contributed by atoms with Crippen LogP contribution in [0.25, 0.3) is 21.3 Å². The minimum atomic E-state index is 0.641. The first-order valence-electron chi connectivity index (χ1n) is 5.00. The van der Waals surface area contributed by atoms with Crippen LogP contribution < -0.4 is 0 Å². The van der Waals surface area contributed by atoms with Crippen LogP contribution >= 0.6 is 24.0 Å². The smallest absolute Gasteiger partial charge is 0.116 e. The lowest BCUT2D eigenvalue weighted by Crippen LogP contribution is -1.79. The van der Waals surface area contributed by atoms with Crippen molar-refractivity contribution >= 4 is 34.1 Å². The number of H-pyrrole nitrogens is 1. The van der Waals surface area contributed by atoms with Gasteiger partial charge >= 0.3 is 0 Å². The van der Waals surface area contributed by atoms with Crippen LogP contribution in [0.4, 0.5) is 0 Å². The highest BCUT2D eigenvalue weighted by Crippen LogP contribution is 2.32. The highest BCUT2D eigenvalue weighted by Gasteiger charge is 2.07. The van der Waals surface area contributed by atoms with Gasteiger partial charge in [-0.2, -0.15) is 12.6 Å². The molecule has 16 heavy (non-hydrogen) atoms. The van der Waals surface area contributed by atoms with Gasteiger partial charge in [0.05, 0.1) is 11.9 Å². The van der Waals surface area contributed by atoms with Gasteiger partial charge in [0.25, 0.3) is 0 Å². The highest BCUT2D eigenvalue weighted by atomic mass is 32.1. The van der Waals surface area contributed by atoms with Gasteiger partial charge in [-0.15, -0.1) is 11.3 Å². The molecule has 2 heterocycles. The molecular formula is C12H10N2S2. The summed E-state index contributed by atoms with van der Waals surface area (Å²) >= 11 is 5.96. The molecule has 0 aliphatic heterocycles. The number of thiophene rings is 1. The lowest BCUT2D eigenvalue weighted by Gasteiger charge is -1.94. The third-order valence-corrected chi connectivity index (χ3v) is 3.81. The molecule has 0 bridgehead atoms. The van der Waals surface area contributed by atoms with Crippen molar-refractivity contribution in [1.82, 2.24) is 9.97 Å². The van der Waals surface area contributed by atoms with E-state index < -0.39 is 0 Å². The number of thiol groups is 1. The zero-order chi connectivity index (χ0) is 11.0. The Morgan fingerprint density at radius 1 is 1.31 bits per heavy atom. The average molecular weight is 246 g/mol. The van der Waals surface area contributed by atoms with Crippen molar-refractivity contribution < 1.29 is 0 Å². The molecule has 0 aliphatic carbocycles. The molecule has 0 spiro atoms. The molecule has 0 saturated heterocycles. The molecule has 2 nitrogen and oxygen atoms in total. The fourth-order valence-corrected chi connectivity index (χ4v) is 2.89. The van der Waals surface area contributed by atoms with Crippen LogP contribution in [0.15, 0.2) is 35.8 Å². The van der Waals surface area contributed by atoms with E-state index >= 15 is 0 Å². The minimum Gasteiger partial charge on any atom is -0.341 e. The summed E-state index contributed by atoms with van der Waals surface area (Å²) in [6.07, 6.45) is 1.88. The zero-order valence-electron chi connectivity index (χ0n) is 8.47. The van der Waals surface area contributed by atoms with Crippen LogP contribution in [-0.4, -0.2) is 9.97 Å². The molecule has 0 saturated carbocycles. The van der Waals surface area contributed by atoms with E-state index in [1.165, 1.54) is 15.6 Å². The van der Waals surface area contributed by atoms with Crippen LogP contribution in [0.5, 0.6) is 0 Å². The number of imidazole rings is 1. The number of hydrogen-bond acceptors (Lipinski definition) is 3. The first-order chi connectivity index (χ1) is 7.88. The van der Waals surface area contributed by atoms with Gasteiger partial charge < -0.3 is 4.98 Å². The van der Waals surface area contributed by atoms with E-state index in [0.717, 1.165) is 11.5 Å². The Bertz CT molecular complexity index is 625. The van der Waals surface area contributed by atoms with Gasteiger partial charge in [0.15, 0.2) is 0 Å². The Hall–Kier alpha value is -1.26. The number of hydrogen-bond donors (Lipinski definition) is 2. The van der Waals surface area contributed by atoms with E-state index in [1.807, 2.05) is 6.20 Å². The molecule has 3 rings (SSSR count). The Labute approximate surface area is 103 Å². The molecule has 0 amide bonds. The minimum absolute atomic E-state index is 0.641. The summed E-state index contributed by atoms with van der Waals surface area (Å²) in [5.41, 5.74) is 2.29. The third kappa shape index (κ3) is 1.54. The SMILES string of the molecule is SCc1ncc(-c2csc3ccccc23)[nH]1. The molecule has 0 fully saturated rings. The molecule has 2 aromatic heterocycles. The predicted molar refractivity (Wildman–Crippen MR) is 72.1 cm³/mol. The number of nitrogens with one attached hydrogen (secondary N) is 1. The molecule has 0 aliphatic rings. The Kier molecular flexibility index (Phi) is 2.46. The topological polar surface area (TPSA) is 28.7 Å². The van der Waals surface area contributed by atoms with Crippen LogP contribution in [0.3, 0.4) is 0 Å². The summed E-state index contributed by atoms with van der Waals surface area (Å²) in [5, 5.41) is 3.45. The molecule has 3 aromatic rings. The van der Waals surface area contributed by atoms with Gasteiger partial charge in [0, 0.05) is 26.8 Å². The summed E-state index contributed by atoms with van der Waals surface area (Å²) in [4.78, 5) is 7.55. The number of benzene rings is 1. The second kappa shape index (κ2) is 3.96. The van der Waals surface area contributed by atoms with E-state index in [9.17, 15) is 0 Å². The van der Waals surface area contributed by atoms with Crippen LogP contribution in [-0.2, 0) is 5.75 Å². The summed E-state index contributed by atoms with van der Waals surface area (Å²) in [7, 11) is 0. The van der Waals surface area contributed by atoms with Crippen LogP contribution in [0, 0.1) is 0 Å². The molecular weight excluding hydrogens is 236 g/mol. The maximum atomic E-state index is 4.27. The number of fused-ring (bicyclic) bond motifs is 1. The molecule has 1 aromatic carbocycles. The van der Waals surface area contributed by atoms with E-state index in [4.69, 9.17) is 0 Å². The van der Waals surface area contributed by atoms with E-state index in [-0.39, 0.29) is 0 Å². The molecule has 4 heteroatoms. The summed E-state index contributed by atoms with van der Waals surface area (Å²) < 4.78 is 1.31. The van der Waals surface area contributed by atoms with Gasteiger partial charge in [0.2, 0.25) is 0 Å². The largest absolute Gasteiger partial charge is 0.341 e. The molecule has 0 atom stereocenters. The van der Waals surface area contributed by atoms with E-state index in [0.29, 0.717) is 5.75 Å². The maximum absolute atomic E-state index is 4.27. The fourth-order valence-electron chi connectivity index (χ4n) is 1.77. The Morgan fingerprint density at radius 3 is 3.00 bits per heavy atom. The first kappa shape index (κ1) is 9.93. The number of nitrogens with zero attached hydrogens (tertiary/aromatic N) is 1. The Balaban J connectivity index is 2.18. The van der Waals surface area contributed by atoms with Crippen LogP contribution in [0.1, 0.15) is 5.82 Å². The number of aromatic nitrogens is 2. The van der Waals surface area contributed by atoms with E-state index in [2.05, 4.69) is 52.2 Å². The maximum Gasteiger partial charge on any atom is 0.116 e. The van der Waals surface area contributed by atoms with Crippen molar-refractivity contribution in [3.05, 3.63) is 41.7 Å². The third-order valence-electron chi connectivity index (χ3n) is 2.55. The van der Waals surface area contributed by atoms with Crippen molar-refractivity contribution in [2.45, 2.75) is 5.75 Å². The van der Waals surface area contributed by atoms with Crippen molar-refractivity contribution in [2.24, 2.45) is 0 Å². The molecule has 1 N–H and O–H groups in total. The van der Waals surface area contributed by atoms with Crippen LogP contribution in [0.2, 0.25) is 0 Å². The summed E-state index contributed by atoms with van der Waals surface area (Å²) in [6, 6.07) is 8.41. The lowest BCUT2D eigenvalue weighted by molar-refractivity contribution is 1.13. The monoisotopic (exact) mass is 246 g/mol. The number of aromatic amines is 1. The van der Waals surface area contributed by atoms with Crippen molar-refractivity contribution in [1.29, 1.82) is 0 Å². The average Bonchev–Trinajstić information content (AvgIpc) is 2.94. The van der Waals surface area contributed by atoms with Gasteiger partial charge in [-0.05, 0) is 6.07 Å². The van der Waals surface area contributed by atoms with Crippen molar-refractivity contribution in [3.8, 4) is 11.3 Å². The summed E-state index contributed by atoms with van der Waals surface area (Å²) in [5.74, 6) is 1.55. The zero-order valence-corrected chi connectivity index (χ0v) is 10.2. The van der Waals surface area contributed by atoms with Gasteiger partial charge in [-0.25, -0.2) is 4.98 Å². The second-order valence-electron chi connectivity index (χ2n) is 3.55. The number of rotatable bonds is 2. The standard InChI is InChI=1S/C12H10N2S2/c15-6-12-13-5-10(14-12)9-7-16-11-4-2-1-3-8(9)11/h1-5,7,15H,6H2,(H,13,14). The summed E-state index contributed by atoms with van der Waals surface area (Å²) in [6.45, 7) is 0. The molecule has 80 valence electrons. The van der Waals surface area contributed by atoms with Gasteiger partial charge in [-0.3, -0.25) is 0 Å². The Morgan fingerprint density at radius 2 is 2.19 bits per heavy atom. The molecule has 0 radical (unpaired) electrons. The second-order valence-corrected chi connectivity index (χ2v) is 4.77. The highest BCUT2D eigenvalue weighted by molar-refractivity contribution is 7.79. The fraction of sp³-hybridized carbons (Fsp3) is 0.0833. The van der Waals surface area contributed by atoms with Gasteiger partial charge in [0.1, 0.15) is 5.82 Å². The first-order valence-corrected chi connectivity index (χ1v) is 6.51. The van der Waals surface area contributed by atoms with Crippen molar-refractivity contribution in [2.75, 3.05) is 0 Å². The molecule has 0 unspecified atom stereocenters.